The van der Waals surface area contributed by atoms with Crippen molar-refractivity contribution in [2.24, 2.45) is 12.2 Å². The van der Waals surface area contributed by atoms with Crippen molar-refractivity contribution >= 4 is 10.0 Å². The van der Waals surface area contributed by atoms with Gasteiger partial charge >= 0.3 is 0 Å². The largest absolute Gasteiger partial charge is 0.260 e. The average molecular weight is 299 g/mol. The van der Waals surface area contributed by atoms with Crippen molar-refractivity contribution in [1.29, 1.82) is 0 Å². The molecule has 0 amide bonds. The van der Waals surface area contributed by atoms with E-state index in [9.17, 15) is 8.42 Å². The monoisotopic (exact) mass is 299 g/mol. The number of tetrazole rings is 1. The van der Waals surface area contributed by atoms with Gasteiger partial charge in [-0.05, 0) is 18.1 Å². The van der Waals surface area contributed by atoms with Gasteiger partial charge in [0, 0.05) is 0 Å². The third-order valence-electron chi connectivity index (χ3n) is 2.87. The first-order chi connectivity index (χ1) is 9.36. The molecule has 2 heterocycles. The molecular weight excluding hydrogens is 282 g/mol. The number of sulfonamides is 1. The molecular formula is C10H17N7O2S. The van der Waals surface area contributed by atoms with Crippen molar-refractivity contribution in [3.8, 4) is 0 Å². The zero-order chi connectivity index (χ0) is 14.9. The van der Waals surface area contributed by atoms with Gasteiger partial charge in [-0.15, -0.1) is 10.2 Å². The Kier molecular flexibility index (Phi) is 3.86. The van der Waals surface area contributed by atoms with E-state index in [1.54, 1.807) is 11.7 Å². The fraction of sp³-hybridized carbons (Fsp3) is 0.600. The molecule has 9 nitrogen and oxygen atoms in total. The SMILES string of the molecule is CCc1nn(Cc2nnn(C)n2)c(CC)c1S(N)(=O)=O. The predicted octanol–water partition coefficient (Wildman–Crippen LogP) is -0.773. The first-order valence-corrected chi connectivity index (χ1v) is 7.75. The Balaban J connectivity index is 2.51. The molecule has 0 aliphatic heterocycles. The highest BCUT2D eigenvalue weighted by molar-refractivity contribution is 7.89. The maximum Gasteiger partial charge on any atom is 0.241 e. The van der Waals surface area contributed by atoms with Gasteiger partial charge in [-0.3, -0.25) is 4.68 Å². The third kappa shape index (κ3) is 2.70. The second-order valence-corrected chi connectivity index (χ2v) is 5.83. The minimum absolute atomic E-state index is 0.117. The van der Waals surface area contributed by atoms with Crippen LogP contribution in [0.4, 0.5) is 0 Å². The van der Waals surface area contributed by atoms with Crippen molar-refractivity contribution in [2.45, 2.75) is 38.1 Å². The number of aromatic nitrogens is 6. The highest BCUT2D eigenvalue weighted by Crippen LogP contribution is 2.21. The van der Waals surface area contributed by atoms with Gasteiger partial charge in [-0.2, -0.15) is 9.90 Å². The van der Waals surface area contributed by atoms with Crippen LogP contribution >= 0.6 is 0 Å². The van der Waals surface area contributed by atoms with Crippen LogP contribution in [0.1, 0.15) is 31.1 Å². The van der Waals surface area contributed by atoms with Crippen LogP contribution in [0.15, 0.2) is 4.90 Å². The number of aryl methyl sites for hydroxylation is 2. The Hall–Kier alpha value is -1.81. The number of rotatable bonds is 5. The number of hydrogen-bond donors (Lipinski definition) is 1. The standard InChI is InChI=1S/C10H17N7O2S/c1-4-7-10(20(11,18)19)8(5-2)17(13-7)6-9-12-15-16(3)14-9/h4-6H2,1-3H3,(H2,11,18,19). The fourth-order valence-electron chi connectivity index (χ4n) is 2.09. The molecule has 2 aromatic rings. The Morgan fingerprint density at radius 3 is 2.35 bits per heavy atom. The zero-order valence-electron chi connectivity index (χ0n) is 11.6. The highest BCUT2D eigenvalue weighted by Gasteiger charge is 2.24. The van der Waals surface area contributed by atoms with Crippen molar-refractivity contribution in [3.63, 3.8) is 0 Å². The lowest BCUT2D eigenvalue weighted by molar-refractivity contribution is 0.590. The van der Waals surface area contributed by atoms with Gasteiger partial charge in [0.25, 0.3) is 0 Å². The predicted molar refractivity (Wildman–Crippen MR) is 70.3 cm³/mol. The number of nitrogens with two attached hydrogens (primary N) is 1. The van der Waals surface area contributed by atoms with Crippen molar-refractivity contribution in [3.05, 3.63) is 17.2 Å². The molecule has 0 radical (unpaired) electrons. The molecule has 0 saturated heterocycles. The summed E-state index contributed by atoms with van der Waals surface area (Å²) in [5.74, 6) is 0.466. The summed E-state index contributed by atoms with van der Waals surface area (Å²) in [4.78, 5) is 1.46. The smallest absolute Gasteiger partial charge is 0.241 e. The quantitative estimate of drug-likeness (QED) is 0.773. The molecule has 10 heteroatoms. The van der Waals surface area contributed by atoms with Crippen LogP contribution in [-0.4, -0.2) is 38.4 Å². The summed E-state index contributed by atoms with van der Waals surface area (Å²) in [5.41, 5.74) is 1.03. The van der Waals surface area contributed by atoms with Gasteiger partial charge in [0.2, 0.25) is 10.0 Å². The van der Waals surface area contributed by atoms with Crippen LogP contribution in [0.5, 0.6) is 0 Å². The fourth-order valence-corrected chi connectivity index (χ4v) is 3.18. The van der Waals surface area contributed by atoms with Crippen LogP contribution in [0, 0.1) is 0 Å². The normalized spacial score (nSPS) is 12.0. The van der Waals surface area contributed by atoms with Crippen LogP contribution in [0.2, 0.25) is 0 Å². The summed E-state index contributed by atoms with van der Waals surface area (Å²) in [5, 5.41) is 21.3. The van der Waals surface area contributed by atoms with Gasteiger partial charge < -0.3 is 0 Å². The summed E-state index contributed by atoms with van der Waals surface area (Å²) in [7, 11) is -2.14. The van der Waals surface area contributed by atoms with Crippen LogP contribution in [0.25, 0.3) is 0 Å². The van der Waals surface area contributed by atoms with Gasteiger partial charge in [0.05, 0.1) is 18.4 Å². The lowest BCUT2D eigenvalue weighted by Gasteiger charge is -2.04. The van der Waals surface area contributed by atoms with Crippen LogP contribution in [-0.2, 0) is 36.5 Å². The minimum atomic E-state index is -3.80. The minimum Gasteiger partial charge on any atom is -0.260 e. The van der Waals surface area contributed by atoms with Crippen molar-refractivity contribution in [1.82, 2.24) is 30.0 Å². The molecule has 20 heavy (non-hydrogen) atoms. The van der Waals surface area contributed by atoms with E-state index in [1.807, 2.05) is 13.8 Å². The lowest BCUT2D eigenvalue weighted by Crippen LogP contribution is -2.16. The Bertz CT molecular complexity index is 716. The summed E-state index contributed by atoms with van der Waals surface area (Å²) >= 11 is 0. The Labute approximate surface area is 116 Å². The van der Waals surface area contributed by atoms with E-state index >= 15 is 0 Å². The molecule has 0 saturated carbocycles. The number of primary sulfonamides is 1. The van der Waals surface area contributed by atoms with Crippen molar-refractivity contribution < 1.29 is 8.42 Å². The van der Waals surface area contributed by atoms with E-state index in [1.165, 1.54) is 4.80 Å². The highest BCUT2D eigenvalue weighted by atomic mass is 32.2. The second-order valence-electron chi connectivity index (χ2n) is 4.33. The van der Waals surface area contributed by atoms with Gasteiger partial charge in [-0.1, -0.05) is 13.8 Å². The van der Waals surface area contributed by atoms with Gasteiger partial charge in [0.1, 0.15) is 11.4 Å². The average Bonchev–Trinajstić information content (AvgIpc) is 2.92. The molecule has 0 aromatic carbocycles. The summed E-state index contributed by atoms with van der Waals surface area (Å²) in [6.45, 7) is 3.95. The maximum absolute atomic E-state index is 11.7. The topological polar surface area (TPSA) is 122 Å². The molecule has 0 bridgehead atoms. The summed E-state index contributed by atoms with van der Waals surface area (Å²) in [6, 6.07) is 0. The van der Waals surface area contributed by atoms with Gasteiger partial charge in [0.15, 0.2) is 5.82 Å². The van der Waals surface area contributed by atoms with E-state index in [0.29, 0.717) is 30.1 Å². The maximum atomic E-state index is 11.7. The Morgan fingerprint density at radius 1 is 1.20 bits per heavy atom. The van der Waals surface area contributed by atoms with E-state index < -0.39 is 10.0 Å². The summed E-state index contributed by atoms with van der Waals surface area (Å²) in [6.07, 6.45) is 0.985. The van der Waals surface area contributed by atoms with E-state index in [2.05, 4.69) is 20.5 Å². The van der Waals surface area contributed by atoms with E-state index in [0.717, 1.165) is 0 Å². The van der Waals surface area contributed by atoms with Crippen LogP contribution < -0.4 is 5.14 Å². The molecule has 2 N–H and O–H groups in total. The number of nitrogens with zero attached hydrogens (tertiary/aromatic N) is 6. The Morgan fingerprint density at radius 2 is 1.90 bits per heavy atom. The van der Waals surface area contributed by atoms with E-state index in [4.69, 9.17) is 5.14 Å². The first kappa shape index (κ1) is 14.6. The molecule has 2 aromatic heterocycles. The molecule has 0 spiro atoms. The molecule has 0 fully saturated rings. The molecule has 110 valence electrons. The first-order valence-electron chi connectivity index (χ1n) is 6.21. The number of hydrogen-bond acceptors (Lipinski definition) is 6. The second kappa shape index (κ2) is 5.29. The molecule has 0 unspecified atom stereocenters. The van der Waals surface area contributed by atoms with Crippen molar-refractivity contribution in [2.75, 3.05) is 0 Å². The molecule has 0 aliphatic rings. The zero-order valence-corrected chi connectivity index (χ0v) is 12.4. The lowest BCUT2D eigenvalue weighted by atomic mass is 10.2. The van der Waals surface area contributed by atoms with Gasteiger partial charge in [-0.25, -0.2) is 13.6 Å². The third-order valence-corrected chi connectivity index (χ3v) is 3.91. The molecule has 2 rings (SSSR count). The summed E-state index contributed by atoms with van der Waals surface area (Å²) < 4.78 is 25.1. The van der Waals surface area contributed by atoms with E-state index in [-0.39, 0.29) is 11.4 Å². The molecule has 0 atom stereocenters. The van der Waals surface area contributed by atoms with Crippen LogP contribution in [0.3, 0.4) is 0 Å². The molecule has 0 aliphatic carbocycles.